The van der Waals surface area contributed by atoms with E-state index in [0.29, 0.717) is 17.2 Å². The van der Waals surface area contributed by atoms with Crippen molar-refractivity contribution >= 4 is 17.7 Å². The Morgan fingerprint density at radius 1 is 1.22 bits per heavy atom. The molecule has 0 radical (unpaired) electrons. The fourth-order valence-electron chi connectivity index (χ4n) is 3.99. The number of benzene rings is 1. The molecule has 0 saturated carbocycles. The highest BCUT2D eigenvalue weighted by Crippen LogP contribution is 2.33. The number of nitrogens with one attached hydrogen (secondary N) is 4. The summed E-state index contributed by atoms with van der Waals surface area (Å²) in [5.41, 5.74) is 15.8. The number of halogens is 2. The molecule has 0 aromatic heterocycles. The number of aryl methyl sites for hydroxylation is 1. The van der Waals surface area contributed by atoms with Gasteiger partial charge < -0.3 is 32.7 Å². The maximum Gasteiger partial charge on any atom is 0.264 e. The third-order valence-corrected chi connectivity index (χ3v) is 5.73. The number of carbonyl (C=O) groups is 1. The molecule has 1 atom stereocenters. The van der Waals surface area contributed by atoms with E-state index in [1.165, 1.54) is 43.1 Å². The fraction of sp³-hybridized carbons (Fsp3) is 0.593. The summed E-state index contributed by atoms with van der Waals surface area (Å²) < 4.78 is 26.6. The second-order valence-corrected chi connectivity index (χ2v) is 8.76. The van der Waals surface area contributed by atoms with Gasteiger partial charge in [0.2, 0.25) is 6.41 Å². The molecule has 36 heavy (non-hydrogen) atoms. The smallest absolute Gasteiger partial charge is 0.264 e. The lowest BCUT2D eigenvalue weighted by Gasteiger charge is -2.17. The van der Waals surface area contributed by atoms with Gasteiger partial charge in [-0.15, -0.1) is 0 Å². The lowest BCUT2D eigenvalue weighted by atomic mass is 9.94. The number of hydrogen-bond acceptors (Lipinski definition) is 6. The summed E-state index contributed by atoms with van der Waals surface area (Å²) in [6.07, 6.45) is 4.88. The molecule has 1 heterocycles. The zero-order valence-corrected chi connectivity index (χ0v) is 22.9. The lowest BCUT2D eigenvalue weighted by Crippen LogP contribution is -2.30. The Morgan fingerprint density at radius 2 is 1.89 bits per heavy atom. The number of carbonyl (C=O) groups excluding carboxylic acids is 1. The number of amides is 1. The molecule has 8 N–H and O–H groups in total. The van der Waals surface area contributed by atoms with Crippen LogP contribution < -0.4 is 32.7 Å². The average Bonchev–Trinajstić information content (AvgIpc) is 3.36. The van der Waals surface area contributed by atoms with Gasteiger partial charge in [-0.1, -0.05) is 32.3 Å². The number of rotatable bonds is 11. The van der Waals surface area contributed by atoms with Gasteiger partial charge in [-0.2, -0.15) is 0 Å². The van der Waals surface area contributed by atoms with Gasteiger partial charge in [-0.25, -0.2) is 8.78 Å². The van der Waals surface area contributed by atoms with Crippen molar-refractivity contribution in [3.05, 3.63) is 46.3 Å². The Labute approximate surface area is 216 Å². The molecule has 1 aliphatic rings. The first-order valence-corrected chi connectivity index (χ1v) is 12.7. The summed E-state index contributed by atoms with van der Waals surface area (Å²) in [7, 11) is 3.48. The normalized spacial score (nSPS) is 14.7. The van der Waals surface area contributed by atoms with Crippen LogP contribution in [-0.4, -0.2) is 46.2 Å². The van der Waals surface area contributed by atoms with Crippen LogP contribution in [0.3, 0.4) is 0 Å². The van der Waals surface area contributed by atoms with E-state index in [9.17, 15) is 8.78 Å². The maximum absolute atomic E-state index is 13.3. The van der Waals surface area contributed by atoms with E-state index >= 15 is 0 Å². The fourth-order valence-corrected chi connectivity index (χ4v) is 3.99. The first-order valence-electron chi connectivity index (χ1n) is 12.7. The van der Waals surface area contributed by atoms with Crippen LogP contribution in [0.15, 0.2) is 29.6 Å². The van der Waals surface area contributed by atoms with Gasteiger partial charge in [-0.3, -0.25) is 4.79 Å². The molecule has 9 heteroatoms. The third-order valence-electron chi connectivity index (χ3n) is 5.73. The summed E-state index contributed by atoms with van der Waals surface area (Å²) >= 11 is 0. The standard InChI is InChI=1S/C15H23F2N3.C11H22N2.CH3NO/c1-4-5-10-6-12(11(8-18)9-19-2)13(15(16)17)7-14(10)20-3;1-4-5-11(9(2)3)13-10-6-7-12-8-10;2-1-3/h6-7,9,15,19-20H,4-5,8,18H2,1-3H3;10,12-13H,4-8H2,1-3H3;1H,(H2,2,3)/b11-9+;;. The Balaban J connectivity index is 0.000000657. The number of nitrogens with two attached hydrogens (primary N) is 2. The molecule has 1 unspecified atom stereocenters. The molecule has 0 spiro atoms. The van der Waals surface area contributed by atoms with E-state index in [4.69, 9.17) is 10.5 Å². The van der Waals surface area contributed by atoms with Gasteiger partial charge in [0.15, 0.2) is 0 Å². The van der Waals surface area contributed by atoms with Crippen LogP contribution in [0.4, 0.5) is 14.5 Å². The second kappa shape index (κ2) is 19.5. The van der Waals surface area contributed by atoms with Crippen LogP contribution >= 0.6 is 0 Å². The van der Waals surface area contributed by atoms with Crippen molar-refractivity contribution in [2.45, 2.75) is 72.3 Å². The first-order chi connectivity index (χ1) is 17.2. The molecule has 206 valence electrons. The van der Waals surface area contributed by atoms with Gasteiger partial charge >= 0.3 is 0 Å². The number of allylic oxidation sites excluding steroid dienone is 2. The van der Waals surface area contributed by atoms with Gasteiger partial charge in [0.25, 0.3) is 6.43 Å². The van der Waals surface area contributed by atoms with Gasteiger partial charge in [0.1, 0.15) is 0 Å². The number of alkyl halides is 2. The molecule has 7 nitrogen and oxygen atoms in total. The van der Waals surface area contributed by atoms with Crippen molar-refractivity contribution in [2.75, 3.05) is 39.0 Å². The number of anilines is 1. The van der Waals surface area contributed by atoms with Crippen molar-refractivity contribution in [2.24, 2.45) is 11.5 Å². The molecular weight excluding hydrogens is 462 g/mol. The molecule has 0 bridgehead atoms. The summed E-state index contributed by atoms with van der Waals surface area (Å²) in [4.78, 5) is 8.58. The molecule has 1 fully saturated rings. The minimum atomic E-state index is -2.53. The zero-order chi connectivity index (χ0) is 27.5. The first kappa shape index (κ1) is 33.4. The SMILES string of the molecule is CCCC(NC1CCNC1)=C(C)C.CCCc1cc(/C(=C/NC)CN)c(C(F)F)cc1NC.NC=O. The van der Waals surface area contributed by atoms with E-state index in [1.54, 1.807) is 20.3 Å². The van der Waals surface area contributed by atoms with Crippen LogP contribution in [0.1, 0.15) is 76.5 Å². The monoisotopic (exact) mass is 510 g/mol. The van der Waals surface area contributed by atoms with Gasteiger partial charge in [0, 0.05) is 56.4 Å². The van der Waals surface area contributed by atoms with Crippen molar-refractivity contribution in [1.82, 2.24) is 16.0 Å². The molecule has 1 aliphatic heterocycles. The van der Waals surface area contributed by atoms with Crippen molar-refractivity contribution < 1.29 is 13.6 Å². The average molecular weight is 511 g/mol. The Kier molecular flexibility index (Phi) is 18.1. The van der Waals surface area contributed by atoms with Crippen LogP contribution in [0.5, 0.6) is 0 Å². The maximum atomic E-state index is 13.3. The van der Waals surface area contributed by atoms with Gasteiger partial charge in [0.05, 0.1) is 0 Å². The number of primary amides is 1. The summed E-state index contributed by atoms with van der Waals surface area (Å²) in [5, 5.41) is 12.9. The molecule has 1 amide bonds. The second-order valence-electron chi connectivity index (χ2n) is 8.76. The topological polar surface area (TPSA) is 117 Å². The molecule has 1 saturated heterocycles. The third kappa shape index (κ3) is 11.9. The van der Waals surface area contributed by atoms with Crippen molar-refractivity contribution in [3.63, 3.8) is 0 Å². The lowest BCUT2D eigenvalue weighted by molar-refractivity contribution is -0.106. The van der Waals surface area contributed by atoms with E-state index < -0.39 is 6.43 Å². The van der Waals surface area contributed by atoms with Crippen LogP contribution in [0, 0.1) is 0 Å². The Morgan fingerprint density at radius 3 is 2.31 bits per heavy atom. The quantitative estimate of drug-likeness (QED) is 0.248. The highest BCUT2D eigenvalue weighted by molar-refractivity contribution is 5.73. The summed E-state index contributed by atoms with van der Waals surface area (Å²) in [6, 6.07) is 4.02. The molecule has 1 aromatic carbocycles. The van der Waals surface area contributed by atoms with Crippen LogP contribution in [0.25, 0.3) is 5.57 Å². The van der Waals surface area contributed by atoms with Crippen LogP contribution in [-0.2, 0) is 11.2 Å². The Hall–Kier alpha value is -2.65. The highest BCUT2D eigenvalue weighted by atomic mass is 19.3. The van der Waals surface area contributed by atoms with E-state index in [0.717, 1.165) is 30.6 Å². The van der Waals surface area contributed by atoms with Crippen LogP contribution in [0.2, 0.25) is 0 Å². The Bertz CT molecular complexity index is 817. The minimum absolute atomic E-state index is 0.0150. The predicted molar refractivity (Wildman–Crippen MR) is 149 cm³/mol. The minimum Gasteiger partial charge on any atom is -0.394 e. The molecular formula is C27H48F2N6O. The molecule has 1 aromatic rings. The van der Waals surface area contributed by atoms with Crippen molar-refractivity contribution in [1.29, 1.82) is 0 Å². The van der Waals surface area contributed by atoms with Crippen molar-refractivity contribution in [3.8, 4) is 0 Å². The number of hydrogen-bond donors (Lipinski definition) is 6. The van der Waals surface area contributed by atoms with E-state index in [2.05, 4.69) is 54.7 Å². The summed E-state index contributed by atoms with van der Waals surface area (Å²) in [5.74, 6) is 0. The highest BCUT2D eigenvalue weighted by Gasteiger charge is 2.18. The molecule has 0 aliphatic carbocycles. The van der Waals surface area contributed by atoms with E-state index in [1.807, 2.05) is 6.07 Å². The van der Waals surface area contributed by atoms with Gasteiger partial charge in [-0.05, 0) is 68.5 Å². The molecule has 2 rings (SSSR count). The predicted octanol–water partition coefficient (Wildman–Crippen LogP) is 4.27. The van der Waals surface area contributed by atoms with E-state index in [-0.39, 0.29) is 18.5 Å². The largest absolute Gasteiger partial charge is 0.394 e. The zero-order valence-electron chi connectivity index (χ0n) is 22.9. The summed E-state index contributed by atoms with van der Waals surface area (Å²) in [6.45, 7) is 11.2.